The molecule has 34 heavy (non-hydrogen) atoms. The summed E-state index contributed by atoms with van der Waals surface area (Å²) >= 11 is 0. The summed E-state index contributed by atoms with van der Waals surface area (Å²) in [5, 5.41) is 10.2. The molecule has 0 atom stereocenters. The van der Waals surface area contributed by atoms with Crippen LogP contribution in [0, 0.1) is 0 Å². The number of nitrogens with one attached hydrogen (secondary N) is 2. The van der Waals surface area contributed by atoms with Gasteiger partial charge in [0.15, 0.2) is 0 Å². The van der Waals surface area contributed by atoms with Gasteiger partial charge in [0.05, 0.1) is 5.69 Å². The van der Waals surface area contributed by atoms with Gasteiger partial charge in [0.1, 0.15) is 5.57 Å². The van der Waals surface area contributed by atoms with Crippen LogP contribution in [0.2, 0.25) is 0 Å². The molecule has 0 spiro atoms. The Morgan fingerprint density at radius 2 is 1.35 bits per heavy atom. The number of amides is 2. The summed E-state index contributed by atoms with van der Waals surface area (Å²) in [6.07, 6.45) is 6.73. The van der Waals surface area contributed by atoms with Crippen LogP contribution in [0.3, 0.4) is 0 Å². The molecule has 7 nitrogen and oxygen atoms in total. The van der Waals surface area contributed by atoms with Gasteiger partial charge in [0.25, 0.3) is 11.8 Å². The lowest BCUT2D eigenvalue weighted by molar-refractivity contribution is -0.123. The fourth-order valence-electron chi connectivity index (χ4n) is 3.48. The number of rotatable bonds is 8. The molecule has 0 unspecified atom stereocenters. The third kappa shape index (κ3) is 5.83. The van der Waals surface area contributed by atoms with Gasteiger partial charge in [0, 0.05) is 49.9 Å². The predicted octanol–water partition coefficient (Wildman–Crippen LogP) is 3.50. The summed E-state index contributed by atoms with van der Waals surface area (Å²) in [5.74, 6) is -0.919. The van der Waals surface area contributed by atoms with Crippen LogP contribution in [0.1, 0.15) is 16.7 Å². The number of benzene rings is 2. The first-order valence-corrected chi connectivity index (χ1v) is 10.9. The van der Waals surface area contributed by atoms with Crippen LogP contribution in [-0.2, 0) is 29.7 Å². The van der Waals surface area contributed by atoms with E-state index in [1.807, 2.05) is 72.8 Å². The molecule has 0 saturated carbocycles. The Hall–Kier alpha value is -4.52. The van der Waals surface area contributed by atoms with E-state index in [1.54, 1.807) is 36.4 Å². The predicted molar refractivity (Wildman–Crippen MR) is 131 cm³/mol. The lowest BCUT2D eigenvalue weighted by atomic mass is 10.1. The van der Waals surface area contributed by atoms with Crippen LogP contribution >= 0.6 is 0 Å². The largest absolute Gasteiger partial charge is 0.348 e. The zero-order valence-corrected chi connectivity index (χ0v) is 18.8. The molecule has 7 heteroatoms. The number of nitrogens with zero attached hydrogens (tertiary/aromatic N) is 3. The highest BCUT2D eigenvalue weighted by Gasteiger charge is 2.20. The number of hydrogen-bond acceptors (Lipinski definition) is 4. The molecule has 2 aromatic heterocycles. The first-order chi connectivity index (χ1) is 16.6. The van der Waals surface area contributed by atoms with E-state index in [9.17, 15) is 9.59 Å². The van der Waals surface area contributed by atoms with E-state index in [-0.39, 0.29) is 5.57 Å². The van der Waals surface area contributed by atoms with Gasteiger partial charge in [-0.15, -0.1) is 0 Å². The highest BCUT2D eigenvalue weighted by molar-refractivity contribution is 6.21. The minimum absolute atomic E-state index is 0.00942. The lowest BCUT2D eigenvalue weighted by Gasteiger charge is -2.11. The van der Waals surface area contributed by atoms with Gasteiger partial charge in [-0.25, -0.2) is 0 Å². The van der Waals surface area contributed by atoms with Crippen molar-refractivity contribution < 1.29 is 9.59 Å². The molecule has 0 aliphatic heterocycles. The van der Waals surface area contributed by atoms with Crippen molar-refractivity contribution in [2.75, 3.05) is 0 Å². The van der Waals surface area contributed by atoms with Crippen molar-refractivity contribution in [1.29, 1.82) is 0 Å². The summed E-state index contributed by atoms with van der Waals surface area (Å²) in [7, 11) is 1.80. The van der Waals surface area contributed by atoms with Crippen molar-refractivity contribution in [3.8, 4) is 11.3 Å². The summed E-state index contributed by atoms with van der Waals surface area (Å²) in [5.41, 5.74) is 4.06. The third-order valence-corrected chi connectivity index (χ3v) is 5.19. The molecule has 0 aliphatic rings. The lowest BCUT2D eigenvalue weighted by Crippen LogP contribution is -2.34. The van der Waals surface area contributed by atoms with E-state index in [4.69, 9.17) is 0 Å². The highest BCUT2D eigenvalue weighted by Crippen LogP contribution is 2.23. The molecule has 4 rings (SSSR count). The third-order valence-electron chi connectivity index (χ3n) is 5.19. The van der Waals surface area contributed by atoms with Gasteiger partial charge in [-0.3, -0.25) is 19.3 Å². The molecule has 4 aromatic rings. The van der Waals surface area contributed by atoms with E-state index in [0.29, 0.717) is 24.3 Å². The maximum Gasteiger partial charge on any atom is 0.257 e. The number of carbonyl (C=O) groups excluding carboxylic acids is 2. The second-order valence-corrected chi connectivity index (χ2v) is 7.74. The number of carbonyl (C=O) groups is 2. The zero-order valence-electron chi connectivity index (χ0n) is 18.8. The molecule has 0 fully saturated rings. The normalized spacial score (nSPS) is 10.4. The molecular weight excluding hydrogens is 426 g/mol. The van der Waals surface area contributed by atoms with Gasteiger partial charge < -0.3 is 10.6 Å². The van der Waals surface area contributed by atoms with E-state index >= 15 is 0 Å². The fraction of sp³-hybridized carbons (Fsp3) is 0.111. The fourth-order valence-corrected chi connectivity index (χ4v) is 3.48. The van der Waals surface area contributed by atoms with Gasteiger partial charge >= 0.3 is 0 Å². The monoisotopic (exact) mass is 451 g/mol. The smallest absolute Gasteiger partial charge is 0.257 e. The topological polar surface area (TPSA) is 88.9 Å². The Bertz CT molecular complexity index is 1230. The molecule has 0 bridgehead atoms. The van der Waals surface area contributed by atoms with Crippen LogP contribution in [-0.4, -0.2) is 26.6 Å². The van der Waals surface area contributed by atoms with E-state index in [0.717, 1.165) is 16.7 Å². The van der Waals surface area contributed by atoms with Gasteiger partial charge in [-0.1, -0.05) is 60.7 Å². The van der Waals surface area contributed by atoms with Crippen LogP contribution in [0.5, 0.6) is 0 Å². The van der Waals surface area contributed by atoms with Crippen LogP contribution in [0.15, 0.2) is 97.0 Å². The standard InChI is InChI=1S/C27H25N5O2/c1-32-19-23(25(31-32)22-12-14-28-15-13-22)16-24(26(33)29-17-20-8-4-2-5-9-20)27(34)30-18-21-10-6-3-7-11-21/h2-16,19H,17-18H2,1H3,(H,29,33)(H,30,34). The molecule has 2 aromatic carbocycles. The van der Waals surface area contributed by atoms with Crippen molar-refractivity contribution >= 4 is 17.9 Å². The van der Waals surface area contributed by atoms with Gasteiger partial charge in [-0.2, -0.15) is 5.10 Å². The van der Waals surface area contributed by atoms with Crippen LogP contribution < -0.4 is 10.6 Å². The summed E-state index contributed by atoms with van der Waals surface area (Å²) in [6.45, 7) is 0.625. The Balaban J connectivity index is 1.62. The Morgan fingerprint density at radius 3 is 1.88 bits per heavy atom. The molecule has 2 heterocycles. The highest BCUT2D eigenvalue weighted by atomic mass is 16.2. The van der Waals surface area contributed by atoms with Crippen LogP contribution in [0.4, 0.5) is 0 Å². The second kappa shape index (κ2) is 10.9. The van der Waals surface area contributed by atoms with Crippen molar-refractivity contribution in [3.05, 3.63) is 114 Å². The number of pyridine rings is 1. The Kier molecular flexibility index (Phi) is 7.25. The maximum absolute atomic E-state index is 13.2. The summed E-state index contributed by atoms with van der Waals surface area (Å²) < 4.78 is 1.66. The Labute approximate surface area is 198 Å². The first kappa shape index (κ1) is 22.7. The van der Waals surface area contributed by atoms with Gasteiger partial charge in [0.2, 0.25) is 0 Å². The van der Waals surface area contributed by atoms with Gasteiger partial charge in [-0.05, 0) is 29.3 Å². The average molecular weight is 452 g/mol. The molecular formula is C27H25N5O2. The first-order valence-electron chi connectivity index (χ1n) is 10.9. The number of hydrogen-bond donors (Lipinski definition) is 2. The molecule has 0 saturated heterocycles. The average Bonchev–Trinajstić information content (AvgIpc) is 3.26. The molecule has 0 aliphatic carbocycles. The van der Waals surface area contributed by atoms with E-state index < -0.39 is 11.8 Å². The quantitative estimate of drug-likeness (QED) is 0.244. The zero-order chi connectivity index (χ0) is 23.8. The molecule has 170 valence electrons. The molecule has 2 amide bonds. The summed E-state index contributed by atoms with van der Waals surface area (Å²) in [6, 6.07) is 22.8. The van der Waals surface area contributed by atoms with E-state index in [2.05, 4.69) is 20.7 Å². The second-order valence-electron chi connectivity index (χ2n) is 7.74. The van der Waals surface area contributed by atoms with Crippen molar-refractivity contribution in [2.45, 2.75) is 13.1 Å². The minimum Gasteiger partial charge on any atom is -0.348 e. The minimum atomic E-state index is -0.459. The number of aryl methyl sites for hydroxylation is 1. The number of aromatic nitrogens is 3. The maximum atomic E-state index is 13.2. The Morgan fingerprint density at radius 1 is 0.824 bits per heavy atom. The molecule has 2 N–H and O–H groups in total. The van der Waals surface area contributed by atoms with E-state index in [1.165, 1.54) is 0 Å². The van der Waals surface area contributed by atoms with Crippen LogP contribution in [0.25, 0.3) is 17.3 Å². The van der Waals surface area contributed by atoms with Crippen molar-refractivity contribution in [2.24, 2.45) is 7.05 Å². The van der Waals surface area contributed by atoms with Crippen molar-refractivity contribution in [1.82, 2.24) is 25.4 Å². The van der Waals surface area contributed by atoms with Crippen molar-refractivity contribution in [3.63, 3.8) is 0 Å². The SMILES string of the molecule is Cn1cc(C=C(C(=O)NCc2ccccc2)C(=O)NCc2ccccc2)c(-c2ccncc2)n1. The molecule has 0 radical (unpaired) electrons. The summed E-state index contributed by atoms with van der Waals surface area (Å²) in [4.78, 5) is 30.4.